The lowest BCUT2D eigenvalue weighted by molar-refractivity contribution is -0.759. The highest BCUT2D eigenvalue weighted by Gasteiger charge is 2.48. The van der Waals surface area contributed by atoms with Gasteiger partial charge in [-0.1, -0.05) is 12.1 Å². The van der Waals surface area contributed by atoms with Crippen molar-refractivity contribution in [3.05, 3.63) is 87.6 Å². The van der Waals surface area contributed by atoms with Crippen LogP contribution in [0, 0.1) is 6.92 Å². The molecular formula is C36H44N3O11+. The zero-order valence-electron chi connectivity index (χ0n) is 28.1. The maximum absolute atomic E-state index is 13.3. The van der Waals surface area contributed by atoms with Crippen molar-refractivity contribution < 1.29 is 54.5 Å². The third-order valence-electron chi connectivity index (χ3n) is 9.69. The molecule has 0 aliphatic carbocycles. The van der Waals surface area contributed by atoms with Crippen molar-refractivity contribution in [2.45, 2.75) is 68.7 Å². The Kier molecular flexibility index (Phi) is 10.3. The van der Waals surface area contributed by atoms with Crippen molar-refractivity contribution in [2.24, 2.45) is 4.99 Å². The molecule has 0 saturated heterocycles. The maximum Gasteiger partial charge on any atom is 0.222 e. The summed E-state index contributed by atoms with van der Waals surface area (Å²) in [6, 6.07) is 9.04. The molecule has 14 heteroatoms. The summed E-state index contributed by atoms with van der Waals surface area (Å²) in [6.07, 6.45) is -0.287. The van der Waals surface area contributed by atoms with E-state index in [0.29, 0.717) is 58.8 Å². The number of aliphatic imine (C=N–C) groups is 1. The number of ether oxygens (including phenoxy) is 1. The topological polar surface area (TPSA) is 208 Å². The summed E-state index contributed by atoms with van der Waals surface area (Å²) in [5.74, 6) is 1.02. The molecule has 0 bridgehead atoms. The predicted octanol–water partition coefficient (Wildman–Crippen LogP) is -0.142. The van der Waals surface area contributed by atoms with Gasteiger partial charge in [-0.3, -0.25) is 14.7 Å². The van der Waals surface area contributed by atoms with Crippen LogP contribution in [0.25, 0.3) is 11.0 Å². The zero-order chi connectivity index (χ0) is 35.8. The van der Waals surface area contributed by atoms with Gasteiger partial charge in [0.05, 0.1) is 17.6 Å². The SMILES string of the molecule is CNCCC1(C)Oc2c(cc3c(=O)cc(C)oc3c2[NH+]2C=C3C=CN=C3C2)CC1OOCC(O)(Cc1ccc(O)cc1)C(O)C(O)C(O)CO. The van der Waals surface area contributed by atoms with Crippen LogP contribution in [0.15, 0.2) is 74.7 Å². The third kappa shape index (κ3) is 6.99. The molecule has 7 atom stereocenters. The highest BCUT2D eigenvalue weighted by atomic mass is 17.2. The summed E-state index contributed by atoms with van der Waals surface area (Å²) in [5, 5.41) is 65.9. The first-order valence-corrected chi connectivity index (χ1v) is 16.5. The fourth-order valence-corrected chi connectivity index (χ4v) is 6.74. The number of aryl methyl sites for hydroxylation is 1. The van der Waals surface area contributed by atoms with E-state index in [9.17, 15) is 35.4 Å². The number of quaternary nitrogens is 1. The molecule has 7 unspecified atom stereocenters. The minimum absolute atomic E-state index is 0.00754. The van der Waals surface area contributed by atoms with Gasteiger partial charge in [0.2, 0.25) is 11.3 Å². The number of aliphatic hydroxyl groups is 5. The molecule has 14 nitrogen and oxygen atoms in total. The number of benzene rings is 2. The predicted molar refractivity (Wildman–Crippen MR) is 181 cm³/mol. The number of hydrogen-bond donors (Lipinski definition) is 8. The number of aromatic hydroxyl groups is 1. The van der Waals surface area contributed by atoms with Gasteiger partial charge in [-0.15, -0.1) is 0 Å². The van der Waals surface area contributed by atoms with Gasteiger partial charge < -0.3 is 45.1 Å². The Hall–Kier alpha value is -3.96. The van der Waals surface area contributed by atoms with Crippen molar-refractivity contribution in [3.63, 3.8) is 0 Å². The summed E-state index contributed by atoms with van der Waals surface area (Å²) in [4.78, 5) is 30.4. The maximum atomic E-state index is 13.3. The van der Waals surface area contributed by atoms with Gasteiger partial charge >= 0.3 is 0 Å². The minimum atomic E-state index is -2.22. The molecule has 8 N–H and O–H groups in total. The molecule has 3 aliphatic rings. The Morgan fingerprint density at radius 3 is 2.66 bits per heavy atom. The van der Waals surface area contributed by atoms with E-state index in [1.54, 1.807) is 19.2 Å². The Morgan fingerprint density at radius 1 is 1.20 bits per heavy atom. The molecule has 3 aromatic rings. The lowest BCUT2D eigenvalue weighted by Crippen LogP contribution is -3.01. The molecule has 50 heavy (non-hydrogen) atoms. The van der Waals surface area contributed by atoms with Crippen molar-refractivity contribution in [1.29, 1.82) is 0 Å². The molecule has 4 heterocycles. The molecule has 6 rings (SSSR count). The average Bonchev–Trinajstić information content (AvgIpc) is 3.70. The number of nitrogens with zero attached hydrogens (tertiary/aromatic N) is 1. The van der Waals surface area contributed by atoms with Crippen LogP contribution in [-0.2, 0) is 22.6 Å². The van der Waals surface area contributed by atoms with E-state index < -0.39 is 48.8 Å². The van der Waals surface area contributed by atoms with Crippen LogP contribution in [0.2, 0.25) is 0 Å². The van der Waals surface area contributed by atoms with Crippen molar-refractivity contribution in [2.75, 3.05) is 33.4 Å². The van der Waals surface area contributed by atoms with E-state index in [0.717, 1.165) is 16.2 Å². The molecule has 3 aliphatic heterocycles. The number of allylic oxidation sites excluding steroid dienone is 1. The van der Waals surface area contributed by atoms with Crippen LogP contribution in [0.1, 0.15) is 30.2 Å². The minimum Gasteiger partial charge on any atom is -0.508 e. The van der Waals surface area contributed by atoms with E-state index in [4.69, 9.17) is 18.9 Å². The van der Waals surface area contributed by atoms with Crippen LogP contribution < -0.4 is 20.4 Å². The quantitative estimate of drug-likeness (QED) is 0.0820. The second kappa shape index (κ2) is 14.3. The zero-order valence-corrected chi connectivity index (χ0v) is 28.1. The number of fused-ring (bicyclic) bond motifs is 3. The first-order valence-electron chi connectivity index (χ1n) is 16.5. The smallest absolute Gasteiger partial charge is 0.222 e. The lowest BCUT2D eigenvalue weighted by Gasteiger charge is -2.42. The Morgan fingerprint density at radius 2 is 1.96 bits per heavy atom. The van der Waals surface area contributed by atoms with Gasteiger partial charge in [-0.05, 0) is 57.3 Å². The summed E-state index contributed by atoms with van der Waals surface area (Å²) < 4.78 is 13.1. The number of hydrogen-bond acceptors (Lipinski definition) is 13. The van der Waals surface area contributed by atoms with Gasteiger partial charge in [-0.25, -0.2) is 9.78 Å². The lowest BCUT2D eigenvalue weighted by atomic mass is 9.85. The molecular weight excluding hydrogens is 650 g/mol. The Labute approximate surface area is 288 Å². The van der Waals surface area contributed by atoms with E-state index in [1.165, 1.54) is 30.3 Å². The first-order chi connectivity index (χ1) is 23.9. The molecule has 2 aromatic carbocycles. The fourth-order valence-electron chi connectivity index (χ4n) is 6.74. The van der Waals surface area contributed by atoms with Crippen molar-refractivity contribution in [1.82, 2.24) is 5.32 Å². The van der Waals surface area contributed by atoms with Crippen LogP contribution in [0.5, 0.6) is 11.5 Å². The summed E-state index contributed by atoms with van der Waals surface area (Å²) in [5.41, 5.74) is 0.733. The molecule has 0 spiro atoms. The van der Waals surface area contributed by atoms with Crippen LogP contribution in [0.4, 0.5) is 5.69 Å². The second-order valence-electron chi connectivity index (χ2n) is 13.5. The number of rotatable bonds is 14. The van der Waals surface area contributed by atoms with Gasteiger partial charge in [0.25, 0.3) is 0 Å². The first kappa shape index (κ1) is 35.9. The summed E-state index contributed by atoms with van der Waals surface area (Å²) >= 11 is 0. The van der Waals surface area contributed by atoms with Crippen molar-refractivity contribution >= 4 is 22.4 Å². The van der Waals surface area contributed by atoms with Crippen molar-refractivity contribution in [3.8, 4) is 11.5 Å². The largest absolute Gasteiger partial charge is 0.508 e. The average molecular weight is 695 g/mol. The van der Waals surface area contributed by atoms with E-state index in [2.05, 4.69) is 10.3 Å². The van der Waals surface area contributed by atoms with Gasteiger partial charge in [0.1, 0.15) is 72.2 Å². The fraction of sp³-hybridized carbons (Fsp3) is 0.444. The van der Waals surface area contributed by atoms with Gasteiger partial charge in [0.15, 0.2) is 11.2 Å². The highest BCUT2D eigenvalue weighted by Crippen LogP contribution is 2.44. The van der Waals surface area contributed by atoms with Crippen LogP contribution >= 0.6 is 0 Å². The van der Waals surface area contributed by atoms with Gasteiger partial charge in [0, 0.05) is 37.1 Å². The standard InChI is InChI=1S/C36H43N3O11/c1-20-12-27(42)25-13-23-14-29(50-47-19-36(46,34(45)31(44)28(43)18-40)15-21-4-6-24(41)7-5-21)35(2,9-11-37-3)49-32(23)30(33(25)48-20)39-16-22-8-10-38-26(22)17-39/h4-8,10,12-13,16,28-29,31,34,37,40-41,43-46H,9,11,14-15,17-19H2,1-3H3/p+1. The molecule has 0 radical (unpaired) electrons. The Bertz CT molecular complexity index is 1870. The number of phenolic OH excluding ortho intramolecular Hbond substituents is 1. The molecule has 0 fully saturated rings. The van der Waals surface area contributed by atoms with E-state index >= 15 is 0 Å². The Balaban J connectivity index is 1.33. The van der Waals surface area contributed by atoms with E-state index in [-0.39, 0.29) is 24.0 Å². The highest BCUT2D eigenvalue weighted by molar-refractivity contribution is 6.07. The number of phenols is 1. The summed E-state index contributed by atoms with van der Waals surface area (Å²) in [7, 11) is 1.81. The molecule has 268 valence electrons. The van der Waals surface area contributed by atoms with Gasteiger partial charge in [-0.2, -0.15) is 0 Å². The normalized spacial score (nSPS) is 24.2. The monoisotopic (exact) mass is 694 g/mol. The summed E-state index contributed by atoms with van der Waals surface area (Å²) in [6.45, 7) is 3.15. The number of nitrogens with one attached hydrogen (secondary N) is 2. The van der Waals surface area contributed by atoms with Crippen LogP contribution in [0.3, 0.4) is 0 Å². The molecule has 0 amide bonds. The second-order valence-corrected chi connectivity index (χ2v) is 13.5. The number of aliphatic hydroxyl groups excluding tert-OH is 4. The molecule has 0 saturated carbocycles. The molecule has 1 aromatic heterocycles. The van der Waals surface area contributed by atoms with Crippen LogP contribution in [-0.4, -0.2) is 105 Å². The van der Waals surface area contributed by atoms with E-state index in [1.807, 2.05) is 26.2 Å². The third-order valence-corrected chi connectivity index (χ3v) is 9.69.